The maximum atomic E-state index is 13.2. The molecule has 0 spiro atoms. The van der Waals surface area contributed by atoms with E-state index in [1.807, 2.05) is 0 Å². The molecule has 1 N–H and O–H groups in total. The van der Waals surface area contributed by atoms with Gasteiger partial charge in [-0.25, -0.2) is 17.2 Å². The van der Waals surface area contributed by atoms with Gasteiger partial charge in [0.2, 0.25) is 5.91 Å². The number of anilines is 1. The van der Waals surface area contributed by atoms with Crippen LogP contribution < -0.4 is 9.62 Å². The quantitative estimate of drug-likeness (QED) is 0.615. The largest absolute Gasteiger partial charge is 0.348 e. The second-order valence-electron chi connectivity index (χ2n) is 6.64. The Morgan fingerprint density at radius 3 is 2.00 bits per heavy atom. The van der Waals surface area contributed by atoms with Crippen molar-refractivity contribution < 1.29 is 22.0 Å². The summed E-state index contributed by atoms with van der Waals surface area (Å²) >= 11 is 0. The molecule has 3 aromatic rings. The monoisotopic (exact) mass is 430 g/mol. The van der Waals surface area contributed by atoms with Gasteiger partial charge in [0.25, 0.3) is 10.0 Å². The molecule has 0 heterocycles. The molecule has 0 radical (unpaired) electrons. The van der Waals surface area contributed by atoms with Crippen LogP contribution in [0.15, 0.2) is 83.8 Å². The minimum atomic E-state index is -4.12. The third-order valence-electron chi connectivity index (χ3n) is 4.48. The van der Waals surface area contributed by atoms with Gasteiger partial charge in [-0.2, -0.15) is 0 Å². The van der Waals surface area contributed by atoms with Crippen LogP contribution >= 0.6 is 0 Å². The Hall–Kier alpha value is -3.26. The minimum absolute atomic E-state index is 0.132. The van der Waals surface area contributed by atoms with Crippen molar-refractivity contribution in [1.82, 2.24) is 5.32 Å². The number of rotatable bonds is 7. The average Bonchev–Trinajstić information content (AvgIpc) is 2.73. The Bertz CT molecular complexity index is 1100. The van der Waals surface area contributed by atoms with Gasteiger partial charge in [0.1, 0.15) is 18.2 Å². The zero-order valence-corrected chi connectivity index (χ0v) is 16.9. The van der Waals surface area contributed by atoms with Gasteiger partial charge in [-0.05, 0) is 61.0 Å². The molecule has 0 unspecified atom stereocenters. The van der Waals surface area contributed by atoms with Gasteiger partial charge >= 0.3 is 0 Å². The van der Waals surface area contributed by atoms with E-state index in [0.717, 1.165) is 28.6 Å². The van der Waals surface area contributed by atoms with Crippen molar-refractivity contribution in [2.45, 2.75) is 17.9 Å². The molecule has 5 nitrogen and oxygen atoms in total. The number of nitrogens with zero attached hydrogens (tertiary/aromatic N) is 1. The molecule has 3 aromatic carbocycles. The maximum Gasteiger partial charge on any atom is 0.264 e. The van der Waals surface area contributed by atoms with E-state index in [9.17, 15) is 22.0 Å². The van der Waals surface area contributed by atoms with E-state index in [0.29, 0.717) is 11.3 Å². The average molecular weight is 430 g/mol. The van der Waals surface area contributed by atoms with Gasteiger partial charge in [-0.1, -0.05) is 30.3 Å². The number of sulfonamides is 1. The summed E-state index contributed by atoms with van der Waals surface area (Å²) in [5, 5.41) is 2.72. The Balaban J connectivity index is 1.85. The summed E-state index contributed by atoms with van der Waals surface area (Å²) in [6.45, 7) is 1.24. The summed E-state index contributed by atoms with van der Waals surface area (Å²) in [6, 6.07) is 17.8. The number of carbonyl (C=O) groups is 1. The standard InChI is InChI=1S/C22H20F2N2O3S/c1-16(17-7-9-18(23)10-8-17)25-22(27)15-26(20-5-3-2-4-6-20)30(28,29)21-13-11-19(24)12-14-21/h2-14,16H,15H2,1H3,(H,25,27)/t16-/m1/s1. The Morgan fingerprint density at radius 2 is 1.43 bits per heavy atom. The lowest BCUT2D eigenvalue weighted by molar-refractivity contribution is -0.120. The molecule has 30 heavy (non-hydrogen) atoms. The highest BCUT2D eigenvalue weighted by molar-refractivity contribution is 7.92. The lowest BCUT2D eigenvalue weighted by atomic mass is 10.1. The van der Waals surface area contributed by atoms with Gasteiger partial charge in [0.05, 0.1) is 16.6 Å². The van der Waals surface area contributed by atoms with Crippen molar-refractivity contribution in [3.63, 3.8) is 0 Å². The first-order valence-electron chi connectivity index (χ1n) is 9.15. The summed E-state index contributed by atoms with van der Waals surface area (Å²) in [5.74, 6) is -1.50. The van der Waals surface area contributed by atoms with E-state index in [-0.39, 0.29) is 4.90 Å². The lowest BCUT2D eigenvalue weighted by Crippen LogP contribution is -2.41. The van der Waals surface area contributed by atoms with Crippen molar-refractivity contribution in [3.8, 4) is 0 Å². The molecule has 0 aromatic heterocycles. The lowest BCUT2D eigenvalue weighted by Gasteiger charge is -2.25. The molecule has 0 saturated carbocycles. The fraction of sp³-hybridized carbons (Fsp3) is 0.136. The predicted molar refractivity (Wildman–Crippen MR) is 110 cm³/mol. The van der Waals surface area contributed by atoms with Crippen LogP contribution in [0.3, 0.4) is 0 Å². The Labute approximate surface area is 174 Å². The Kier molecular flexibility index (Phi) is 6.47. The molecule has 0 fully saturated rings. The summed E-state index contributed by atoms with van der Waals surface area (Å²) in [6.07, 6.45) is 0. The van der Waals surface area contributed by atoms with Crippen LogP contribution in [0.5, 0.6) is 0 Å². The third-order valence-corrected chi connectivity index (χ3v) is 6.27. The van der Waals surface area contributed by atoms with Crippen molar-refractivity contribution in [2.24, 2.45) is 0 Å². The molecule has 0 saturated heterocycles. The smallest absolute Gasteiger partial charge is 0.264 e. The number of halogens is 2. The van der Waals surface area contributed by atoms with Crippen molar-refractivity contribution in [2.75, 3.05) is 10.8 Å². The van der Waals surface area contributed by atoms with Gasteiger partial charge in [0, 0.05) is 0 Å². The van der Waals surface area contributed by atoms with Crippen molar-refractivity contribution >= 4 is 21.6 Å². The van der Waals surface area contributed by atoms with Crippen LogP contribution in [0.25, 0.3) is 0 Å². The first-order valence-corrected chi connectivity index (χ1v) is 10.6. The molecule has 1 amide bonds. The molecule has 0 aliphatic heterocycles. The number of benzene rings is 3. The van der Waals surface area contributed by atoms with E-state index in [4.69, 9.17) is 0 Å². The molecule has 0 aliphatic carbocycles. The zero-order chi connectivity index (χ0) is 21.7. The number of amides is 1. The molecule has 1 atom stereocenters. The minimum Gasteiger partial charge on any atom is -0.348 e. The fourth-order valence-electron chi connectivity index (χ4n) is 2.90. The molecule has 0 bridgehead atoms. The molecular weight excluding hydrogens is 410 g/mol. The first-order chi connectivity index (χ1) is 14.3. The van der Waals surface area contributed by atoms with Gasteiger partial charge in [-0.3, -0.25) is 9.10 Å². The molecular formula is C22H20F2N2O3S. The van der Waals surface area contributed by atoms with Gasteiger partial charge < -0.3 is 5.32 Å². The van der Waals surface area contributed by atoms with Crippen LogP contribution in [0.2, 0.25) is 0 Å². The van der Waals surface area contributed by atoms with Gasteiger partial charge in [0.15, 0.2) is 0 Å². The highest BCUT2D eigenvalue weighted by Crippen LogP contribution is 2.24. The summed E-state index contributed by atoms with van der Waals surface area (Å²) in [4.78, 5) is 12.5. The number of hydrogen-bond donors (Lipinski definition) is 1. The zero-order valence-electron chi connectivity index (χ0n) is 16.1. The summed E-state index contributed by atoms with van der Waals surface area (Å²) in [5.41, 5.74) is 0.976. The van der Waals surface area contributed by atoms with E-state index in [1.165, 1.54) is 12.1 Å². The van der Waals surface area contributed by atoms with Crippen LogP contribution in [-0.4, -0.2) is 20.9 Å². The van der Waals surface area contributed by atoms with Crippen LogP contribution in [0.4, 0.5) is 14.5 Å². The molecule has 156 valence electrons. The Morgan fingerprint density at radius 1 is 0.900 bits per heavy atom. The van der Waals surface area contributed by atoms with Crippen LogP contribution in [0.1, 0.15) is 18.5 Å². The SMILES string of the molecule is C[C@@H](NC(=O)CN(c1ccccc1)S(=O)(=O)c1ccc(F)cc1)c1ccc(F)cc1. The normalized spacial score (nSPS) is 12.2. The first kappa shape index (κ1) is 21.4. The van der Waals surface area contributed by atoms with Crippen LogP contribution in [-0.2, 0) is 14.8 Å². The highest BCUT2D eigenvalue weighted by Gasteiger charge is 2.27. The number of carbonyl (C=O) groups excluding carboxylic acids is 1. The van der Waals surface area contributed by atoms with E-state index >= 15 is 0 Å². The van der Waals surface area contributed by atoms with Gasteiger partial charge in [-0.15, -0.1) is 0 Å². The number of nitrogens with one attached hydrogen (secondary N) is 1. The molecule has 3 rings (SSSR count). The van der Waals surface area contributed by atoms with Crippen molar-refractivity contribution in [3.05, 3.63) is 96.1 Å². The maximum absolute atomic E-state index is 13.2. The third kappa shape index (κ3) is 5.01. The summed E-state index contributed by atoms with van der Waals surface area (Å²) < 4.78 is 53.6. The van der Waals surface area contributed by atoms with Crippen LogP contribution in [0, 0.1) is 11.6 Å². The van der Waals surface area contributed by atoms with E-state index in [2.05, 4.69) is 5.32 Å². The second-order valence-corrected chi connectivity index (χ2v) is 8.50. The number of para-hydroxylation sites is 1. The van der Waals surface area contributed by atoms with E-state index in [1.54, 1.807) is 49.4 Å². The fourth-order valence-corrected chi connectivity index (χ4v) is 4.32. The van der Waals surface area contributed by atoms with E-state index < -0.39 is 40.2 Å². The molecule has 0 aliphatic rings. The predicted octanol–water partition coefficient (Wildman–Crippen LogP) is 4.04. The second kappa shape index (κ2) is 9.04. The van der Waals surface area contributed by atoms with Crippen molar-refractivity contribution in [1.29, 1.82) is 0 Å². The topological polar surface area (TPSA) is 66.5 Å². The number of hydrogen-bond acceptors (Lipinski definition) is 3. The summed E-state index contributed by atoms with van der Waals surface area (Å²) in [7, 11) is -4.12. The highest BCUT2D eigenvalue weighted by atomic mass is 32.2. The molecule has 8 heteroatoms.